The highest BCUT2D eigenvalue weighted by Crippen LogP contribution is 2.59. The number of alkyl halides is 1. The second kappa shape index (κ2) is 3.89. The van der Waals surface area contributed by atoms with Crippen molar-refractivity contribution in [2.24, 2.45) is 0 Å². The summed E-state index contributed by atoms with van der Waals surface area (Å²) in [6.45, 7) is 1.95. The van der Waals surface area contributed by atoms with Gasteiger partial charge in [-0.25, -0.2) is 9.05 Å². The first-order valence-corrected chi connectivity index (χ1v) is 6.80. The SMILES string of the molecule is CO[P+]1([O-])CCC[C@@](C)(CBr)O1. The van der Waals surface area contributed by atoms with Gasteiger partial charge in [-0.2, -0.15) is 0 Å². The quantitative estimate of drug-likeness (QED) is 0.558. The lowest BCUT2D eigenvalue weighted by molar-refractivity contribution is -0.229. The fraction of sp³-hybridized carbons (Fsp3) is 1.00. The van der Waals surface area contributed by atoms with Crippen LogP contribution in [0.3, 0.4) is 0 Å². The van der Waals surface area contributed by atoms with Crippen LogP contribution in [0.15, 0.2) is 0 Å². The summed E-state index contributed by atoms with van der Waals surface area (Å²) in [4.78, 5) is 11.7. The van der Waals surface area contributed by atoms with Crippen LogP contribution in [0.25, 0.3) is 0 Å². The van der Waals surface area contributed by atoms with E-state index in [-0.39, 0.29) is 5.60 Å². The van der Waals surface area contributed by atoms with Crippen LogP contribution in [0.4, 0.5) is 0 Å². The maximum Gasteiger partial charge on any atom is 0.238 e. The van der Waals surface area contributed by atoms with Crippen LogP contribution in [-0.4, -0.2) is 24.2 Å². The Morgan fingerprint density at radius 2 is 2.42 bits per heavy atom. The van der Waals surface area contributed by atoms with Crippen LogP contribution in [-0.2, 0) is 9.05 Å². The summed E-state index contributed by atoms with van der Waals surface area (Å²) in [6, 6.07) is 0. The van der Waals surface area contributed by atoms with Crippen molar-refractivity contribution in [2.75, 3.05) is 18.6 Å². The zero-order chi connectivity index (χ0) is 9.24. The van der Waals surface area contributed by atoms with E-state index in [2.05, 4.69) is 15.9 Å². The zero-order valence-electron chi connectivity index (χ0n) is 7.38. The van der Waals surface area contributed by atoms with Crippen LogP contribution in [0.5, 0.6) is 0 Å². The third-order valence-electron chi connectivity index (χ3n) is 2.06. The molecule has 1 saturated heterocycles. The highest BCUT2D eigenvalue weighted by molar-refractivity contribution is 9.09. The molecule has 1 heterocycles. The average molecular weight is 257 g/mol. The Balaban J connectivity index is 2.62. The van der Waals surface area contributed by atoms with Crippen molar-refractivity contribution in [1.29, 1.82) is 0 Å². The van der Waals surface area contributed by atoms with Crippen LogP contribution in [0.1, 0.15) is 19.8 Å². The Bertz CT molecular complexity index is 153. The van der Waals surface area contributed by atoms with Crippen molar-refractivity contribution in [3.63, 3.8) is 0 Å². The van der Waals surface area contributed by atoms with Gasteiger partial charge in [0.1, 0.15) is 11.8 Å². The molecule has 1 aliphatic rings. The summed E-state index contributed by atoms with van der Waals surface area (Å²) >= 11 is 3.35. The number of rotatable bonds is 2. The Morgan fingerprint density at radius 3 is 2.92 bits per heavy atom. The summed E-state index contributed by atoms with van der Waals surface area (Å²) in [5.74, 6) is 0. The van der Waals surface area contributed by atoms with E-state index in [0.717, 1.165) is 12.8 Å². The molecule has 3 nitrogen and oxygen atoms in total. The van der Waals surface area contributed by atoms with Crippen molar-refractivity contribution >= 4 is 23.9 Å². The predicted molar refractivity (Wildman–Crippen MR) is 51.3 cm³/mol. The van der Waals surface area contributed by atoms with Crippen LogP contribution >= 0.6 is 23.9 Å². The van der Waals surface area contributed by atoms with Gasteiger partial charge >= 0.3 is 0 Å². The highest BCUT2D eigenvalue weighted by atomic mass is 79.9. The molecule has 72 valence electrons. The van der Waals surface area contributed by atoms with Gasteiger partial charge in [0.05, 0.1) is 7.11 Å². The van der Waals surface area contributed by atoms with Gasteiger partial charge < -0.3 is 4.89 Å². The Labute approximate surface area is 82.2 Å². The molecular formula is C7H14BrO3P. The van der Waals surface area contributed by atoms with Gasteiger partial charge in [0, 0.05) is 5.33 Å². The molecule has 1 fully saturated rings. The smallest absolute Gasteiger partial charge is 0.238 e. The molecule has 0 aromatic carbocycles. The molecule has 5 heteroatoms. The molecule has 2 atom stereocenters. The Hall–Kier alpha value is 0.790. The predicted octanol–water partition coefficient (Wildman–Crippen LogP) is 1.72. The highest BCUT2D eigenvalue weighted by Gasteiger charge is 2.43. The third-order valence-corrected chi connectivity index (χ3v) is 5.38. The van der Waals surface area contributed by atoms with E-state index < -0.39 is 7.94 Å². The summed E-state index contributed by atoms with van der Waals surface area (Å²) in [6.07, 6.45) is 2.39. The molecular weight excluding hydrogens is 243 g/mol. The first-order chi connectivity index (χ1) is 5.54. The van der Waals surface area contributed by atoms with Crippen molar-refractivity contribution in [2.45, 2.75) is 25.4 Å². The van der Waals surface area contributed by atoms with Gasteiger partial charge in [0.2, 0.25) is 7.94 Å². The largest absolute Gasteiger partial charge is 0.631 e. The van der Waals surface area contributed by atoms with Gasteiger partial charge in [-0.05, 0) is 19.8 Å². The average Bonchev–Trinajstić information content (AvgIpc) is 2.05. The number of halogens is 1. The summed E-state index contributed by atoms with van der Waals surface area (Å²) in [7, 11) is -1.32. The van der Waals surface area contributed by atoms with Gasteiger partial charge in [0.15, 0.2) is 0 Å². The van der Waals surface area contributed by atoms with E-state index in [1.165, 1.54) is 7.11 Å². The molecule has 0 N–H and O–H groups in total. The number of hydrogen-bond acceptors (Lipinski definition) is 3. The molecule has 0 amide bonds. The summed E-state index contributed by atoms with van der Waals surface area (Å²) < 4.78 is 10.3. The van der Waals surface area contributed by atoms with Crippen molar-refractivity contribution < 1.29 is 13.9 Å². The van der Waals surface area contributed by atoms with Crippen molar-refractivity contribution in [1.82, 2.24) is 0 Å². The normalized spacial score (nSPS) is 43.0. The van der Waals surface area contributed by atoms with Gasteiger partial charge in [0.25, 0.3) is 0 Å². The standard InChI is InChI=1S/C7H14BrO3P/c1-7(6-8)4-3-5-12(9,10-2)11-7/h3-6H2,1-2H3/t7-,12?/m0/s1. The molecule has 12 heavy (non-hydrogen) atoms. The first-order valence-electron chi connectivity index (χ1n) is 3.95. The fourth-order valence-electron chi connectivity index (χ4n) is 1.29. The van der Waals surface area contributed by atoms with E-state index in [4.69, 9.17) is 9.05 Å². The van der Waals surface area contributed by atoms with Crippen LogP contribution in [0.2, 0.25) is 0 Å². The van der Waals surface area contributed by atoms with Crippen molar-refractivity contribution in [3.8, 4) is 0 Å². The lowest BCUT2D eigenvalue weighted by atomic mass is 10.0. The van der Waals surface area contributed by atoms with E-state index in [0.29, 0.717) is 11.5 Å². The van der Waals surface area contributed by atoms with Gasteiger partial charge in [-0.15, -0.1) is 0 Å². The third kappa shape index (κ3) is 2.39. The van der Waals surface area contributed by atoms with E-state index in [9.17, 15) is 4.89 Å². The van der Waals surface area contributed by atoms with E-state index in [1.54, 1.807) is 0 Å². The minimum atomic E-state index is -2.76. The van der Waals surface area contributed by atoms with E-state index in [1.807, 2.05) is 6.92 Å². The minimum absolute atomic E-state index is 0.316. The molecule has 0 aliphatic carbocycles. The monoisotopic (exact) mass is 256 g/mol. The number of hydrogen-bond donors (Lipinski definition) is 0. The fourth-order valence-corrected chi connectivity index (χ4v) is 3.59. The van der Waals surface area contributed by atoms with Crippen molar-refractivity contribution in [3.05, 3.63) is 0 Å². The molecule has 0 bridgehead atoms. The van der Waals surface area contributed by atoms with Crippen LogP contribution < -0.4 is 4.89 Å². The second-order valence-corrected chi connectivity index (χ2v) is 6.07. The molecule has 0 spiro atoms. The molecule has 0 aromatic rings. The Kier molecular flexibility index (Phi) is 3.52. The van der Waals surface area contributed by atoms with Gasteiger partial charge in [-0.3, -0.25) is 0 Å². The second-order valence-electron chi connectivity index (χ2n) is 3.30. The summed E-state index contributed by atoms with van der Waals surface area (Å²) in [5, 5.41) is 0.702. The molecule has 1 unspecified atom stereocenters. The summed E-state index contributed by atoms with van der Waals surface area (Å²) in [5.41, 5.74) is -0.316. The molecule has 1 aliphatic heterocycles. The molecule has 0 aromatic heterocycles. The first kappa shape index (κ1) is 10.9. The topological polar surface area (TPSA) is 41.5 Å². The minimum Gasteiger partial charge on any atom is -0.631 e. The Morgan fingerprint density at radius 1 is 1.75 bits per heavy atom. The van der Waals surface area contributed by atoms with Crippen LogP contribution in [0, 0.1) is 0 Å². The maximum absolute atomic E-state index is 11.7. The lowest BCUT2D eigenvalue weighted by Gasteiger charge is -2.39. The molecule has 0 saturated carbocycles. The molecule has 0 radical (unpaired) electrons. The zero-order valence-corrected chi connectivity index (χ0v) is 9.86. The molecule has 1 rings (SSSR count). The lowest BCUT2D eigenvalue weighted by Crippen LogP contribution is -2.39. The van der Waals surface area contributed by atoms with Gasteiger partial charge in [-0.1, -0.05) is 15.9 Å². The van der Waals surface area contributed by atoms with E-state index >= 15 is 0 Å². The maximum atomic E-state index is 11.7.